The number of nitrogens with one attached hydrogen (secondary N) is 1. The largest absolute Gasteiger partial charge is 0.352 e. The van der Waals surface area contributed by atoms with E-state index in [4.69, 9.17) is 0 Å². The van der Waals surface area contributed by atoms with Crippen LogP contribution in [0.25, 0.3) is 5.57 Å². The monoisotopic (exact) mass is 440 g/mol. The van der Waals surface area contributed by atoms with Crippen LogP contribution >= 0.6 is 0 Å². The van der Waals surface area contributed by atoms with Gasteiger partial charge in [-0.05, 0) is 57.0 Å². The second kappa shape index (κ2) is 10.1. The number of nitrogens with zero attached hydrogens (tertiary/aromatic N) is 5. The molecule has 0 aliphatic carbocycles. The molecule has 1 aliphatic heterocycles. The highest BCUT2D eigenvalue weighted by molar-refractivity contribution is 5.72. The Morgan fingerprint density at radius 2 is 1.84 bits per heavy atom. The van der Waals surface area contributed by atoms with E-state index in [1.54, 1.807) is 0 Å². The van der Waals surface area contributed by atoms with Crippen LogP contribution in [0.2, 0.25) is 0 Å². The molecule has 1 N–H and O–H groups in total. The zero-order chi connectivity index (χ0) is 23.3. The van der Waals surface area contributed by atoms with Crippen molar-refractivity contribution in [2.45, 2.75) is 27.2 Å². The molecule has 9 heteroatoms. The minimum atomic E-state index is -0.780. The van der Waals surface area contributed by atoms with Crippen molar-refractivity contribution in [3.05, 3.63) is 70.9 Å². The van der Waals surface area contributed by atoms with E-state index in [0.717, 1.165) is 49.0 Å². The molecule has 7 nitrogen and oxygen atoms in total. The first-order valence-corrected chi connectivity index (χ1v) is 10.2. The Hall–Kier alpha value is -3.62. The van der Waals surface area contributed by atoms with Gasteiger partial charge in [0.05, 0.1) is 11.4 Å². The van der Waals surface area contributed by atoms with E-state index in [1.807, 2.05) is 43.2 Å². The number of halogens is 2. The Balaban J connectivity index is 0.000000222. The minimum Gasteiger partial charge on any atom is -0.352 e. The van der Waals surface area contributed by atoms with Gasteiger partial charge in [0, 0.05) is 26.3 Å². The quantitative estimate of drug-likeness (QED) is 0.620. The van der Waals surface area contributed by atoms with E-state index in [-0.39, 0.29) is 6.41 Å². The molecule has 3 heterocycles. The van der Waals surface area contributed by atoms with Gasteiger partial charge in [0.1, 0.15) is 29.0 Å². The lowest BCUT2D eigenvalue weighted by Crippen LogP contribution is -2.32. The first kappa shape index (κ1) is 23.1. The molecule has 0 bridgehead atoms. The maximum absolute atomic E-state index is 12.6. The summed E-state index contributed by atoms with van der Waals surface area (Å²) in [5.74, 6) is 0.261. The van der Waals surface area contributed by atoms with Gasteiger partial charge in [-0.2, -0.15) is 5.10 Å². The molecule has 0 radical (unpaired) electrons. The van der Waals surface area contributed by atoms with Crippen LogP contribution in [0.4, 0.5) is 20.3 Å². The smallest absolute Gasteiger partial charge is 0.211 e. The van der Waals surface area contributed by atoms with Crippen molar-refractivity contribution in [2.75, 3.05) is 23.3 Å². The molecule has 4 rings (SSSR count). The number of anilines is 2. The summed E-state index contributed by atoms with van der Waals surface area (Å²) in [5, 5.41) is 6.38. The number of carbonyl (C=O) groups is 1. The number of benzene rings is 1. The van der Waals surface area contributed by atoms with E-state index in [1.165, 1.54) is 22.9 Å². The molecule has 1 aromatic carbocycles. The van der Waals surface area contributed by atoms with Gasteiger partial charge in [-0.15, -0.1) is 0 Å². The van der Waals surface area contributed by atoms with E-state index in [9.17, 15) is 13.6 Å². The number of aryl methyl sites for hydroxylation is 3. The third kappa shape index (κ3) is 5.35. The maximum Gasteiger partial charge on any atom is 0.211 e. The van der Waals surface area contributed by atoms with Gasteiger partial charge >= 0.3 is 0 Å². The van der Waals surface area contributed by atoms with E-state index in [0.29, 0.717) is 0 Å². The zero-order valence-corrected chi connectivity index (χ0v) is 18.6. The standard InChI is InChI=1S/C16H21N5.C7H5F2NO/c1-11-6-8-21(16-5-7-17-13(3)18-16)10-14(11)15-9-12(2)19-20(15)4;8-5-2-1-3-6(9)7(5)10-4-11/h5,7,9H,6,8,10H2,1-4H3;1-4H,(H,10,11). The lowest BCUT2D eigenvalue weighted by Gasteiger charge is -2.31. The topological polar surface area (TPSA) is 75.9 Å². The third-order valence-electron chi connectivity index (χ3n) is 5.18. The van der Waals surface area contributed by atoms with Crippen LogP contribution < -0.4 is 10.2 Å². The van der Waals surface area contributed by atoms with Crippen LogP contribution in [0.3, 0.4) is 0 Å². The molecule has 3 aromatic rings. The fourth-order valence-electron chi connectivity index (χ4n) is 3.56. The second-order valence-electron chi connectivity index (χ2n) is 7.55. The summed E-state index contributed by atoms with van der Waals surface area (Å²) in [5.41, 5.74) is 4.66. The molecule has 32 heavy (non-hydrogen) atoms. The van der Waals surface area contributed by atoms with E-state index in [2.05, 4.69) is 33.0 Å². The average Bonchev–Trinajstić information content (AvgIpc) is 3.09. The molecule has 1 amide bonds. The fourth-order valence-corrected chi connectivity index (χ4v) is 3.56. The number of hydrogen-bond donors (Lipinski definition) is 1. The van der Waals surface area contributed by atoms with Crippen LogP contribution in [0, 0.1) is 25.5 Å². The van der Waals surface area contributed by atoms with Gasteiger partial charge in [0.25, 0.3) is 0 Å². The number of hydrogen-bond acceptors (Lipinski definition) is 5. The Bertz CT molecular complexity index is 1120. The van der Waals surface area contributed by atoms with Crippen LogP contribution in [0.15, 0.2) is 42.1 Å². The van der Waals surface area contributed by atoms with Gasteiger partial charge in [-0.25, -0.2) is 18.7 Å². The molecule has 0 atom stereocenters. The van der Waals surface area contributed by atoms with Gasteiger partial charge in [-0.1, -0.05) is 11.6 Å². The zero-order valence-electron chi connectivity index (χ0n) is 18.6. The van der Waals surface area contributed by atoms with E-state index < -0.39 is 17.3 Å². The predicted octanol–water partition coefficient (Wildman–Crippen LogP) is 4.04. The summed E-state index contributed by atoms with van der Waals surface area (Å²) >= 11 is 0. The third-order valence-corrected chi connectivity index (χ3v) is 5.18. The van der Waals surface area contributed by atoms with Gasteiger partial charge < -0.3 is 10.2 Å². The van der Waals surface area contributed by atoms with Gasteiger partial charge in [0.2, 0.25) is 6.41 Å². The number of amides is 1. The second-order valence-corrected chi connectivity index (χ2v) is 7.55. The SMILES string of the molecule is CC1=C(c2cc(C)nn2C)CN(c2ccnc(C)n2)CC1.O=CNc1c(F)cccc1F. The van der Waals surface area contributed by atoms with Crippen molar-refractivity contribution in [1.82, 2.24) is 19.7 Å². The molecule has 0 spiro atoms. The van der Waals surface area contributed by atoms with Gasteiger partial charge in [0.15, 0.2) is 0 Å². The van der Waals surface area contributed by atoms with Crippen LogP contribution in [0.5, 0.6) is 0 Å². The van der Waals surface area contributed by atoms with Crippen molar-refractivity contribution < 1.29 is 13.6 Å². The Morgan fingerprint density at radius 3 is 2.44 bits per heavy atom. The lowest BCUT2D eigenvalue weighted by molar-refractivity contribution is -0.105. The molecule has 0 fully saturated rings. The number of aromatic nitrogens is 4. The minimum absolute atomic E-state index is 0.224. The van der Waals surface area contributed by atoms with Crippen molar-refractivity contribution in [3.63, 3.8) is 0 Å². The first-order chi connectivity index (χ1) is 15.3. The summed E-state index contributed by atoms with van der Waals surface area (Å²) in [6.07, 6.45) is 3.11. The van der Waals surface area contributed by atoms with Crippen LogP contribution in [0.1, 0.15) is 30.6 Å². The normalized spacial score (nSPS) is 13.5. The van der Waals surface area contributed by atoms with Crippen molar-refractivity contribution in [1.29, 1.82) is 0 Å². The number of para-hydroxylation sites is 1. The molecule has 2 aromatic heterocycles. The lowest BCUT2D eigenvalue weighted by atomic mass is 9.98. The Morgan fingerprint density at radius 1 is 1.12 bits per heavy atom. The van der Waals surface area contributed by atoms with E-state index >= 15 is 0 Å². The van der Waals surface area contributed by atoms with Crippen LogP contribution in [-0.2, 0) is 11.8 Å². The summed E-state index contributed by atoms with van der Waals surface area (Å²) in [6.45, 7) is 8.07. The van der Waals surface area contributed by atoms with Crippen molar-refractivity contribution in [3.8, 4) is 0 Å². The fraction of sp³-hybridized carbons (Fsp3) is 0.304. The summed E-state index contributed by atoms with van der Waals surface area (Å²) in [4.78, 5) is 20.9. The Labute approximate surface area is 185 Å². The Kier molecular flexibility index (Phi) is 7.29. The molecular formula is C23H26F2N6O. The van der Waals surface area contributed by atoms with Crippen molar-refractivity contribution in [2.24, 2.45) is 7.05 Å². The van der Waals surface area contributed by atoms with Crippen LogP contribution in [-0.4, -0.2) is 39.2 Å². The molecule has 1 aliphatic rings. The summed E-state index contributed by atoms with van der Waals surface area (Å²) < 4.78 is 27.1. The van der Waals surface area contributed by atoms with Crippen molar-refractivity contribution >= 4 is 23.5 Å². The highest BCUT2D eigenvalue weighted by Crippen LogP contribution is 2.28. The number of rotatable bonds is 4. The number of carbonyl (C=O) groups excluding carboxylic acids is 1. The molecule has 0 saturated carbocycles. The molecule has 0 saturated heterocycles. The molecule has 168 valence electrons. The average molecular weight is 440 g/mol. The van der Waals surface area contributed by atoms with Gasteiger partial charge in [-0.3, -0.25) is 9.48 Å². The predicted molar refractivity (Wildman–Crippen MR) is 120 cm³/mol. The molecule has 0 unspecified atom stereocenters. The first-order valence-electron chi connectivity index (χ1n) is 10.2. The maximum atomic E-state index is 12.6. The molecular weight excluding hydrogens is 414 g/mol. The summed E-state index contributed by atoms with van der Waals surface area (Å²) in [7, 11) is 2.01. The highest BCUT2D eigenvalue weighted by Gasteiger charge is 2.21. The summed E-state index contributed by atoms with van der Waals surface area (Å²) in [6, 6.07) is 7.50. The highest BCUT2D eigenvalue weighted by atomic mass is 19.1.